The zero-order valence-electron chi connectivity index (χ0n) is 15.6. The third kappa shape index (κ3) is 4.89. The van der Waals surface area contributed by atoms with Crippen molar-refractivity contribution >= 4 is 35.2 Å². The molecule has 9 heteroatoms. The highest BCUT2D eigenvalue weighted by molar-refractivity contribution is 6.42. The second-order valence-electron chi connectivity index (χ2n) is 7.40. The van der Waals surface area contributed by atoms with E-state index in [2.05, 4.69) is 4.90 Å². The minimum atomic E-state index is -1.07. The summed E-state index contributed by atoms with van der Waals surface area (Å²) in [5.74, 6) is -0.105. The standard InChI is InChI=1S/C19H25Cl2N3O4/c20-16-4-3-13(7-17(16)21)8-18(26)23-11-15(12-25)24(19(27)28)10-14(23)9-22-5-1-2-6-22/h3-4,7,14-15,25H,1-2,5-6,8-12H2,(H,27,28). The molecule has 2 unspecified atom stereocenters. The quantitative estimate of drug-likeness (QED) is 0.748. The molecule has 2 N–H and O–H groups in total. The zero-order valence-corrected chi connectivity index (χ0v) is 17.1. The molecule has 0 spiro atoms. The van der Waals surface area contributed by atoms with E-state index in [9.17, 15) is 19.8 Å². The van der Waals surface area contributed by atoms with Gasteiger partial charge in [-0.15, -0.1) is 0 Å². The maximum Gasteiger partial charge on any atom is 0.407 e. The Morgan fingerprint density at radius 1 is 1.04 bits per heavy atom. The highest BCUT2D eigenvalue weighted by Crippen LogP contribution is 2.24. The van der Waals surface area contributed by atoms with Crippen molar-refractivity contribution in [2.75, 3.05) is 39.3 Å². The topological polar surface area (TPSA) is 84.3 Å². The van der Waals surface area contributed by atoms with Gasteiger partial charge >= 0.3 is 6.09 Å². The van der Waals surface area contributed by atoms with Crippen molar-refractivity contribution in [2.45, 2.75) is 31.3 Å². The molecule has 1 aromatic carbocycles. The molecule has 2 aliphatic rings. The van der Waals surface area contributed by atoms with Crippen LogP contribution >= 0.6 is 23.2 Å². The summed E-state index contributed by atoms with van der Waals surface area (Å²) in [5.41, 5.74) is 0.750. The van der Waals surface area contributed by atoms with E-state index in [0.717, 1.165) is 31.5 Å². The number of aliphatic hydroxyl groups is 1. The molecule has 0 aromatic heterocycles. The maximum absolute atomic E-state index is 13.1. The number of amides is 2. The molecule has 2 aliphatic heterocycles. The summed E-state index contributed by atoms with van der Waals surface area (Å²) < 4.78 is 0. The molecule has 2 heterocycles. The van der Waals surface area contributed by atoms with Crippen molar-refractivity contribution < 1.29 is 19.8 Å². The van der Waals surface area contributed by atoms with Crippen LogP contribution in [0.5, 0.6) is 0 Å². The lowest BCUT2D eigenvalue weighted by atomic mass is 10.0. The molecule has 154 valence electrons. The summed E-state index contributed by atoms with van der Waals surface area (Å²) in [5, 5.41) is 20.0. The molecule has 2 amide bonds. The fraction of sp³-hybridized carbons (Fsp3) is 0.579. The minimum Gasteiger partial charge on any atom is -0.465 e. The molecule has 28 heavy (non-hydrogen) atoms. The SMILES string of the molecule is O=C(O)N1CC(CN2CCCC2)N(C(=O)Cc2ccc(Cl)c(Cl)c2)CC1CO. The van der Waals surface area contributed by atoms with Crippen LogP contribution in [0.15, 0.2) is 18.2 Å². The van der Waals surface area contributed by atoms with Crippen molar-refractivity contribution in [3.8, 4) is 0 Å². The highest BCUT2D eigenvalue weighted by atomic mass is 35.5. The summed E-state index contributed by atoms with van der Waals surface area (Å²) in [6, 6.07) is 4.23. The number of piperazine rings is 1. The van der Waals surface area contributed by atoms with Crippen LogP contribution < -0.4 is 0 Å². The first-order chi connectivity index (χ1) is 13.4. The Labute approximate surface area is 174 Å². The van der Waals surface area contributed by atoms with Gasteiger partial charge in [0, 0.05) is 19.6 Å². The predicted molar refractivity (Wildman–Crippen MR) is 107 cm³/mol. The predicted octanol–water partition coefficient (Wildman–Crippen LogP) is 2.18. The molecule has 2 atom stereocenters. The van der Waals surface area contributed by atoms with E-state index in [4.69, 9.17) is 23.2 Å². The maximum atomic E-state index is 13.1. The Bertz CT molecular complexity index is 727. The van der Waals surface area contributed by atoms with Crippen molar-refractivity contribution in [3.63, 3.8) is 0 Å². The number of hydrogen-bond acceptors (Lipinski definition) is 4. The van der Waals surface area contributed by atoms with E-state index in [0.29, 0.717) is 16.6 Å². The summed E-state index contributed by atoms with van der Waals surface area (Å²) >= 11 is 12.0. The van der Waals surface area contributed by atoms with Gasteiger partial charge in [0.25, 0.3) is 0 Å². The van der Waals surface area contributed by atoms with Crippen LogP contribution in [0.4, 0.5) is 4.79 Å². The van der Waals surface area contributed by atoms with Crippen LogP contribution in [-0.2, 0) is 11.2 Å². The number of carbonyl (C=O) groups excluding carboxylic acids is 1. The monoisotopic (exact) mass is 429 g/mol. The third-order valence-corrected chi connectivity index (χ3v) is 6.22. The number of likely N-dealkylation sites (tertiary alicyclic amines) is 1. The molecule has 3 rings (SSSR count). The van der Waals surface area contributed by atoms with Gasteiger partial charge in [0.1, 0.15) is 0 Å². The van der Waals surface area contributed by atoms with Crippen LogP contribution in [0.25, 0.3) is 0 Å². The van der Waals surface area contributed by atoms with Crippen molar-refractivity contribution in [1.29, 1.82) is 0 Å². The van der Waals surface area contributed by atoms with Crippen LogP contribution in [0, 0.1) is 0 Å². The number of rotatable bonds is 5. The van der Waals surface area contributed by atoms with Gasteiger partial charge in [0.2, 0.25) is 5.91 Å². The molecule has 2 saturated heterocycles. The van der Waals surface area contributed by atoms with E-state index in [-0.39, 0.29) is 38.1 Å². The number of carbonyl (C=O) groups is 2. The lowest BCUT2D eigenvalue weighted by molar-refractivity contribution is -0.137. The highest BCUT2D eigenvalue weighted by Gasteiger charge is 2.39. The minimum absolute atomic E-state index is 0.105. The molecule has 0 saturated carbocycles. The molecule has 0 bridgehead atoms. The Kier molecular flexibility index (Phi) is 7.04. The number of hydrogen-bond donors (Lipinski definition) is 2. The lowest BCUT2D eigenvalue weighted by Crippen LogP contribution is -2.64. The first kappa shape index (κ1) is 21.2. The summed E-state index contributed by atoms with van der Waals surface area (Å²) in [7, 11) is 0. The lowest BCUT2D eigenvalue weighted by Gasteiger charge is -2.45. The first-order valence-electron chi connectivity index (χ1n) is 9.45. The number of aliphatic hydroxyl groups excluding tert-OH is 1. The first-order valence-corrected chi connectivity index (χ1v) is 10.2. The molecule has 1 aromatic rings. The van der Waals surface area contributed by atoms with Crippen molar-refractivity contribution in [3.05, 3.63) is 33.8 Å². The number of nitrogens with zero attached hydrogens (tertiary/aromatic N) is 3. The molecular weight excluding hydrogens is 405 g/mol. The fourth-order valence-corrected chi connectivity index (χ4v) is 4.31. The van der Waals surface area contributed by atoms with Gasteiger partial charge < -0.3 is 20.0 Å². The van der Waals surface area contributed by atoms with Crippen molar-refractivity contribution in [2.24, 2.45) is 0 Å². The van der Waals surface area contributed by atoms with E-state index < -0.39 is 12.1 Å². The number of carboxylic acid groups (broad SMARTS) is 1. The Morgan fingerprint density at radius 3 is 2.32 bits per heavy atom. The smallest absolute Gasteiger partial charge is 0.407 e. The summed E-state index contributed by atoms with van der Waals surface area (Å²) in [6.45, 7) is 2.61. The summed E-state index contributed by atoms with van der Waals surface area (Å²) in [4.78, 5) is 29.9. The molecule has 2 fully saturated rings. The van der Waals surface area contributed by atoms with Gasteiger partial charge in [-0.25, -0.2) is 4.79 Å². The average molecular weight is 430 g/mol. The van der Waals surface area contributed by atoms with E-state index in [1.54, 1.807) is 23.1 Å². The van der Waals surface area contributed by atoms with Crippen LogP contribution in [0.2, 0.25) is 10.0 Å². The molecule has 0 aliphatic carbocycles. The van der Waals surface area contributed by atoms with Gasteiger partial charge in [-0.3, -0.25) is 9.69 Å². The second kappa shape index (κ2) is 9.31. The van der Waals surface area contributed by atoms with Gasteiger partial charge in [0.05, 0.1) is 35.2 Å². The Balaban J connectivity index is 1.77. The van der Waals surface area contributed by atoms with Crippen LogP contribution in [0.3, 0.4) is 0 Å². The molecular formula is C19H25Cl2N3O4. The molecule has 7 nitrogen and oxygen atoms in total. The molecule has 0 radical (unpaired) electrons. The largest absolute Gasteiger partial charge is 0.465 e. The van der Waals surface area contributed by atoms with Gasteiger partial charge in [0.15, 0.2) is 0 Å². The summed E-state index contributed by atoms with van der Waals surface area (Å²) in [6.07, 6.45) is 1.32. The van der Waals surface area contributed by atoms with E-state index in [1.165, 1.54) is 4.90 Å². The van der Waals surface area contributed by atoms with Crippen molar-refractivity contribution in [1.82, 2.24) is 14.7 Å². The average Bonchev–Trinajstić information content (AvgIpc) is 3.17. The van der Waals surface area contributed by atoms with Gasteiger partial charge in [-0.05, 0) is 43.6 Å². The van der Waals surface area contributed by atoms with Gasteiger partial charge in [-0.1, -0.05) is 29.3 Å². The second-order valence-corrected chi connectivity index (χ2v) is 8.22. The fourth-order valence-electron chi connectivity index (χ4n) is 3.99. The Morgan fingerprint density at radius 2 is 1.71 bits per heavy atom. The van der Waals surface area contributed by atoms with E-state index in [1.807, 2.05) is 0 Å². The number of halogens is 2. The zero-order chi connectivity index (χ0) is 20.3. The third-order valence-electron chi connectivity index (χ3n) is 5.48. The van der Waals surface area contributed by atoms with Crippen LogP contribution in [-0.4, -0.2) is 88.3 Å². The normalized spacial score (nSPS) is 23.2. The number of benzene rings is 1. The van der Waals surface area contributed by atoms with Crippen LogP contribution in [0.1, 0.15) is 18.4 Å². The Hall–Kier alpha value is -1.54. The van der Waals surface area contributed by atoms with E-state index >= 15 is 0 Å². The van der Waals surface area contributed by atoms with Gasteiger partial charge in [-0.2, -0.15) is 0 Å².